The van der Waals surface area contributed by atoms with E-state index in [1.54, 1.807) is 18.5 Å². The van der Waals surface area contributed by atoms with Crippen LogP contribution in [0.25, 0.3) is 11.4 Å². The predicted octanol–water partition coefficient (Wildman–Crippen LogP) is 2.14. The molecule has 2 aromatic rings. The molecule has 0 spiro atoms. The van der Waals surface area contributed by atoms with Crippen LogP contribution in [0.15, 0.2) is 46.9 Å². The van der Waals surface area contributed by atoms with Crippen LogP contribution in [0.3, 0.4) is 0 Å². The Balaban J connectivity index is 1.99. The number of carbonyl (C=O) groups is 1. The molecule has 2 aromatic heterocycles. The fourth-order valence-corrected chi connectivity index (χ4v) is 2.03. The van der Waals surface area contributed by atoms with Gasteiger partial charge < -0.3 is 0 Å². The van der Waals surface area contributed by atoms with Gasteiger partial charge in [-0.15, -0.1) is 0 Å². The zero-order chi connectivity index (χ0) is 15.1. The minimum absolute atomic E-state index is 0.187. The lowest BCUT2D eigenvalue weighted by atomic mass is 10.3. The summed E-state index contributed by atoms with van der Waals surface area (Å²) in [4.78, 5) is 24.3. The number of carbonyl (C=O) groups excluding carboxylic acids is 1. The number of rotatable bonds is 5. The van der Waals surface area contributed by atoms with Gasteiger partial charge in [0.1, 0.15) is 0 Å². The Morgan fingerprint density at radius 3 is 2.76 bits per heavy atom. The standard InChI is InChI=1S/C14H15N5OS/c1-10(2)18-19-13(20)9-21-14-16-8-6-12(17-14)11-5-3-4-7-15-11/h3-8H,9H2,1-2H3,(H,19,20). The molecular formula is C14H15N5OS. The summed E-state index contributed by atoms with van der Waals surface area (Å²) < 4.78 is 0. The Labute approximate surface area is 127 Å². The van der Waals surface area contributed by atoms with E-state index in [2.05, 4.69) is 25.5 Å². The second kappa shape index (κ2) is 7.49. The third kappa shape index (κ3) is 4.96. The predicted molar refractivity (Wildman–Crippen MR) is 82.9 cm³/mol. The normalized spacial score (nSPS) is 10.0. The van der Waals surface area contributed by atoms with Crippen LogP contribution in [0.2, 0.25) is 0 Å². The van der Waals surface area contributed by atoms with Crippen molar-refractivity contribution in [1.29, 1.82) is 0 Å². The van der Waals surface area contributed by atoms with Crippen LogP contribution >= 0.6 is 11.8 Å². The van der Waals surface area contributed by atoms with Gasteiger partial charge in [0.2, 0.25) is 0 Å². The maximum absolute atomic E-state index is 11.6. The molecule has 6 nitrogen and oxygen atoms in total. The number of pyridine rings is 1. The van der Waals surface area contributed by atoms with Gasteiger partial charge in [-0.3, -0.25) is 9.78 Å². The topological polar surface area (TPSA) is 80.1 Å². The molecule has 1 N–H and O–H groups in total. The molecule has 0 saturated heterocycles. The Bertz CT molecular complexity index is 641. The Kier molecular flexibility index (Phi) is 5.39. The van der Waals surface area contributed by atoms with Gasteiger partial charge in [-0.05, 0) is 32.0 Å². The van der Waals surface area contributed by atoms with E-state index in [1.807, 2.05) is 32.0 Å². The zero-order valence-electron chi connectivity index (χ0n) is 11.8. The summed E-state index contributed by atoms with van der Waals surface area (Å²) in [6, 6.07) is 7.41. The molecule has 0 bridgehead atoms. The minimum atomic E-state index is -0.187. The van der Waals surface area contributed by atoms with Crippen molar-refractivity contribution in [3.05, 3.63) is 36.7 Å². The summed E-state index contributed by atoms with van der Waals surface area (Å²) >= 11 is 1.26. The van der Waals surface area contributed by atoms with E-state index in [4.69, 9.17) is 0 Å². The van der Waals surface area contributed by atoms with E-state index in [0.29, 0.717) is 5.16 Å². The van der Waals surface area contributed by atoms with Crippen LogP contribution in [-0.4, -0.2) is 32.3 Å². The first-order chi connectivity index (χ1) is 10.1. The summed E-state index contributed by atoms with van der Waals surface area (Å²) in [5, 5.41) is 4.39. The Morgan fingerprint density at radius 2 is 2.05 bits per heavy atom. The minimum Gasteiger partial charge on any atom is -0.272 e. The number of hydrogen-bond acceptors (Lipinski definition) is 6. The maximum atomic E-state index is 11.6. The summed E-state index contributed by atoms with van der Waals surface area (Å²) in [5.74, 6) is 0.0238. The monoisotopic (exact) mass is 301 g/mol. The number of amides is 1. The van der Waals surface area contributed by atoms with Crippen molar-refractivity contribution in [1.82, 2.24) is 20.4 Å². The van der Waals surface area contributed by atoms with Crippen molar-refractivity contribution < 1.29 is 4.79 Å². The molecule has 2 rings (SSSR count). The molecule has 0 radical (unpaired) electrons. The molecule has 0 aliphatic rings. The maximum Gasteiger partial charge on any atom is 0.250 e. The van der Waals surface area contributed by atoms with Gasteiger partial charge in [-0.2, -0.15) is 5.10 Å². The molecule has 21 heavy (non-hydrogen) atoms. The second-order valence-corrected chi connectivity index (χ2v) is 5.26. The van der Waals surface area contributed by atoms with E-state index < -0.39 is 0 Å². The van der Waals surface area contributed by atoms with Gasteiger partial charge in [0.05, 0.1) is 17.1 Å². The number of nitrogens with one attached hydrogen (secondary N) is 1. The molecule has 0 fully saturated rings. The van der Waals surface area contributed by atoms with Crippen molar-refractivity contribution in [3.63, 3.8) is 0 Å². The molecule has 2 heterocycles. The lowest BCUT2D eigenvalue weighted by Gasteiger charge is -2.03. The number of thioether (sulfide) groups is 1. The van der Waals surface area contributed by atoms with Crippen molar-refractivity contribution in [2.24, 2.45) is 5.10 Å². The van der Waals surface area contributed by atoms with E-state index in [1.165, 1.54) is 11.8 Å². The molecule has 7 heteroatoms. The van der Waals surface area contributed by atoms with E-state index in [9.17, 15) is 4.79 Å². The highest BCUT2D eigenvalue weighted by Crippen LogP contribution is 2.17. The van der Waals surface area contributed by atoms with Crippen molar-refractivity contribution >= 4 is 23.4 Å². The van der Waals surface area contributed by atoms with Crippen LogP contribution in [-0.2, 0) is 4.79 Å². The van der Waals surface area contributed by atoms with Gasteiger partial charge in [0.25, 0.3) is 5.91 Å². The second-order valence-electron chi connectivity index (χ2n) is 4.32. The van der Waals surface area contributed by atoms with Crippen LogP contribution in [0.1, 0.15) is 13.8 Å². The van der Waals surface area contributed by atoms with Crippen LogP contribution in [0.5, 0.6) is 0 Å². The molecule has 0 aliphatic carbocycles. The van der Waals surface area contributed by atoms with Crippen LogP contribution < -0.4 is 5.43 Å². The van der Waals surface area contributed by atoms with Gasteiger partial charge in [-0.1, -0.05) is 17.8 Å². The molecule has 0 aromatic carbocycles. The first kappa shape index (κ1) is 15.1. The molecule has 1 amide bonds. The molecule has 108 valence electrons. The number of hydrazone groups is 1. The summed E-state index contributed by atoms with van der Waals surface area (Å²) in [6.45, 7) is 3.62. The van der Waals surface area contributed by atoms with Crippen molar-refractivity contribution in [3.8, 4) is 11.4 Å². The average Bonchev–Trinajstić information content (AvgIpc) is 2.52. The lowest BCUT2D eigenvalue weighted by molar-refractivity contribution is -0.118. The average molecular weight is 301 g/mol. The van der Waals surface area contributed by atoms with Crippen LogP contribution in [0.4, 0.5) is 0 Å². The summed E-state index contributed by atoms with van der Waals surface area (Å²) in [6.07, 6.45) is 3.37. The highest BCUT2D eigenvalue weighted by atomic mass is 32.2. The molecular weight excluding hydrogens is 286 g/mol. The van der Waals surface area contributed by atoms with Crippen molar-refractivity contribution in [2.75, 3.05) is 5.75 Å². The smallest absolute Gasteiger partial charge is 0.250 e. The fourth-order valence-electron chi connectivity index (χ4n) is 1.40. The van der Waals surface area contributed by atoms with Gasteiger partial charge >= 0.3 is 0 Å². The van der Waals surface area contributed by atoms with Gasteiger partial charge in [0.15, 0.2) is 5.16 Å². The quantitative estimate of drug-likeness (QED) is 0.396. The molecule has 0 atom stereocenters. The molecule has 0 saturated carbocycles. The Morgan fingerprint density at radius 1 is 1.19 bits per heavy atom. The summed E-state index contributed by atoms with van der Waals surface area (Å²) in [7, 11) is 0. The largest absolute Gasteiger partial charge is 0.272 e. The SMILES string of the molecule is CC(C)=NNC(=O)CSc1nccc(-c2ccccn2)n1. The highest BCUT2D eigenvalue weighted by molar-refractivity contribution is 7.99. The summed E-state index contributed by atoms with van der Waals surface area (Å²) in [5.41, 5.74) is 4.76. The van der Waals surface area contributed by atoms with Gasteiger partial charge in [-0.25, -0.2) is 15.4 Å². The fraction of sp³-hybridized carbons (Fsp3) is 0.214. The Hall–Kier alpha value is -2.28. The zero-order valence-corrected chi connectivity index (χ0v) is 12.6. The first-order valence-corrected chi connectivity index (χ1v) is 7.30. The van der Waals surface area contributed by atoms with Gasteiger partial charge in [0, 0.05) is 18.1 Å². The highest BCUT2D eigenvalue weighted by Gasteiger charge is 2.06. The van der Waals surface area contributed by atoms with E-state index >= 15 is 0 Å². The van der Waals surface area contributed by atoms with Crippen LogP contribution in [0, 0.1) is 0 Å². The molecule has 0 aliphatic heterocycles. The number of hydrogen-bond donors (Lipinski definition) is 1. The number of aromatic nitrogens is 3. The van der Waals surface area contributed by atoms with E-state index in [-0.39, 0.29) is 11.7 Å². The molecule has 0 unspecified atom stereocenters. The van der Waals surface area contributed by atoms with Crippen molar-refractivity contribution in [2.45, 2.75) is 19.0 Å². The van der Waals surface area contributed by atoms with E-state index in [0.717, 1.165) is 17.1 Å². The lowest BCUT2D eigenvalue weighted by Crippen LogP contribution is -2.20. The third-order valence-electron chi connectivity index (χ3n) is 2.30. The number of nitrogens with zero attached hydrogens (tertiary/aromatic N) is 4. The first-order valence-electron chi connectivity index (χ1n) is 6.32. The third-order valence-corrected chi connectivity index (χ3v) is 3.16.